The molecule has 0 aliphatic heterocycles. The average molecular weight is 282 g/mol. The van der Waals surface area contributed by atoms with Crippen molar-refractivity contribution >= 4 is 29.1 Å². The topological polar surface area (TPSA) is 130 Å². The van der Waals surface area contributed by atoms with Gasteiger partial charge in [-0.2, -0.15) is 9.97 Å². The number of nitrogens with zero attached hydrogens (tertiary/aromatic N) is 3. The van der Waals surface area contributed by atoms with Crippen LogP contribution in [-0.4, -0.2) is 14.9 Å². The number of ether oxygens (including phenoxy) is 1. The Balaban J connectivity index is 2.40. The Kier molecular flexibility index (Phi) is 3.34. The highest BCUT2D eigenvalue weighted by Crippen LogP contribution is 2.33. The van der Waals surface area contributed by atoms with Gasteiger partial charge in [-0.3, -0.25) is 10.1 Å². The lowest BCUT2D eigenvalue weighted by molar-refractivity contribution is -0.385. The highest BCUT2D eigenvalue weighted by molar-refractivity contribution is 6.30. The molecule has 0 saturated carbocycles. The molecule has 0 fully saturated rings. The van der Waals surface area contributed by atoms with Gasteiger partial charge >= 0.3 is 5.69 Å². The van der Waals surface area contributed by atoms with Crippen LogP contribution in [0.3, 0.4) is 0 Å². The zero-order chi connectivity index (χ0) is 14.0. The molecule has 1 heterocycles. The fourth-order valence-corrected chi connectivity index (χ4v) is 1.51. The second-order valence-corrected chi connectivity index (χ2v) is 3.90. The fourth-order valence-electron chi connectivity index (χ4n) is 1.35. The van der Waals surface area contributed by atoms with Crippen LogP contribution in [0.15, 0.2) is 24.3 Å². The molecule has 1 aromatic heterocycles. The van der Waals surface area contributed by atoms with Crippen molar-refractivity contribution in [1.82, 2.24) is 9.97 Å². The summed E-state index contributed by atoms with van der Waals surface area (Å²) in [4.78, 5) is 17.7. The minimum Gasteiger partial charge on any atom is -0.432 e. The van der Waals surface area contributed by atoms with Gasteiger partial charge in [0.05, 0.1) is 4.92 Å². The monoisotopic (exact) mass is 281 g/mol. The van der Waals surface area contributed by atoms with E-state index in [1.807, 2.05) is 0 Å². The lowest BCUT2D eigenvalue weighted by Crippen LogP contribution is -2.01. The van der Waals surface area contributed by atoms with Gasteiger partial charge in [0.15, 0.2) is 0 Å². The van der Waals surface area contributed by atoms with E-state index < -0.39 is 4.92 Å². The van der Waals surface area contributed by atoms with E-state index in [0.717, 1.165) is 0 Å². The van der Waals surface area contributed by atoms with Gasteiger partial charge in [0, 0.05) is 17.2 Å². The summed E-state index contributed by atoms with van der Waals surface area (Å²) >= 11 is 5.69. The van der Waals surface area contributed by atoms with Gasteiger partial charge in [-0.15, -0.1) is 0 Å². The first kappa shape index (κ1) is 12.8. The molecule has 98 valence electrons. The van der Waals surface area contributed by atoms with Crippen molar-refractivity contribution in [2.75, 3.05) is 11.5 Å². The van der Waals surface area contributed by atoms with Crippen molar-refractivity contribution in [2.24, 2.45) is 0 Å². The number of nitrogens with two attached hydrogens (primary N) is 2. The highest BCUT2D eigenvalue weighted by Gasteiger charge is 2.17. The van der Waals surface area contributed by atoms with E-state index in [2.05, 4.69) is 9.97 Å². The number of halogens is 1. The van der Waals surface area contributed by atoms with Gasteiger partial charge in [-0.05, 0) is 12.1 Å². The van der Waals surface area contributed by atoms with Crippen LogP contribution in [0.25, 0.3) is 0 Å². The Morgan fingerprint density at radius 1 is 1.26 bits per heavy atom. The normalized spacial score (nSPS) is 10.2. The third kappa shape index (κ3) is 2.99. The second kappa shape index (κ2) is 4.94. The predicted molar refractivity (Wildman–Crippen MR) is 69.0 cm³/mol. The third-order valence-electron chi connectivity index (χ3n) is 2.07. The fraction of sp³-hybridized carbons (Fsp3) is 0. The number of nitrogen functional groups attached to an aromatic ring is 2. The van der Waals surface area contributed by atoms with Gasteiger partial charge in [0.2, 0.25) is 17.6 Å². The average Bonchev–Trinajstić information content (AvgIpc) is 2.30. The molecular formula is C10H8ClN5O3. The van der Waals surface area contributed by atoms with Crippen LogP contribution in [-0.2, 0) is 0 Å². The summed E-state index contributed by atoms with van der Waals surface area (Å²) in [7, 11) is 0. The maximum Gasteiger partial charge on any atom is 0.313 e. The number of nitro benzene ring substituents is 1. The Bertz CT molecular complexity index is 629. The first-order chi connectivity index (χ1) is 8.95. The maximum absolute atomic E-state index is 10.9. The van der Waals surface area contributed by atoms with Crippen molar-refractivity contribution in [3.63, 3.8) is 0 Å². The van der Waals surface area contributed by atoms with E-state index in [1.165, 1.54) is 24.3 Å². The van der Waals surface area contributed by atoms with Crippen molar-refractivity contribution in [3.8, 4) is 11.6 Å². The van der Waals surface area contributed by atoms with Gasteiger partial charge < -0.3 is 16.2 Å². The molecule has 8 nitrogen and oxygen atoms in total. The van der Waals surface area contributed by atoms with Gasteiger partial charge in [-0.25, -0.2) is 0 Å². The molecule has 0 aliphatic carbocycles. The third-order valence-corrected chi connectivity index (χ3v) is 2.31. The lowest BCUT2D eigenvalue weighted by atomic mass is 10.3. The SMILES string of the molecule is Nc1cc(Oc2ccc(Cl)cc2[N+](=O)[O-])nc(N)n1. The van der Waals surface area contributed by atoms with Crippen molar-refractivity contribution in [3.05, 3.63) is 39.4 Å². The smallest absolute Gasteiger partial charge is 0.313 e. The van der Waals surface area contributed by atoms with Crippen LogP contribution < -0.4 is 16.2 Å². The molecule has 0 aliphatic rings. The highest BCUT2D eigenvalue weighted by atomic mass is 35.5. The van der Waals surface area contributed by atoms with Crippen molar-refractivity contribution < 1.29 is 9.66 Å². The van der Waals surface area contributed by atoms with E-state index >= 15 is 0 Å². The van der Waals surface area contributed by atoms with E-state index in [4.69, 9.17) is 27.8 Å². The number of hydrogen-bond donors (Lipinski definition) is 2. The standard InChI is InChI=1S/C10H8ClN5O3/c11-5-1-2-7(6(3-5)16(17)18)19-9-4-8(12)14-10(13)15-9/h1-4H,(H4,12,13,14,15). The van der Waals surface area contributed by atoms with E-state index in [0.29, 0.717) is 0 Å². The van der Waals surface area contributed by atoms with Gasteiger partial charge in [0.25, 0.3) is 0 Å². The summed E-state index contributed by atoms with van der Waals surface area (Å²) in [6, 6.07) is 5.28. The van der Waals surface area contributed by atoms with Crippen LogP contribution in [0, 0.1) is 10.1 Å². The molecule has 0 bridgehead atoms. The molecule has 2 rings (SSSR count). The van der Waals surface area contributed by atoms with Gasteiger partial charge in [-0.1, -0.05) is 11.6 Å². The van der Waals surface area contributed by atoms with E-state index in [1.54, 1.807) is 0 Å². The van der Waals surface area contributed by atoms with Crippen molar-refractivity contribution in [2.45, 2.75) is 0 Å². The molecule has 0 unspecified atom stereocenters. The Morgan fingerprint density at radius 3 is 2.63 bits per heavy atom. The van der Waals surface area contributed by atoms with Crippen LogP contribution in [0.5, 0.6) is 11.6 Å². The summed E-state index contributed by atoms with van der Waals surface area (Å²) in [6.07, 6.45) is 0. The number of nitro groups is 1. The Morgan fingerprint density at radius 2 is 2.00 bits per heavy atom. The second-order valence-electron chi connectivity index (χ2n) is 3.46. The number of aromatic nitrogens is 2. The summed E-state index contributed by atoms with van der Waals surface area (Å²) in [5.74, 6) is -0.00643. The molecule has 0 amide bonds. The molecule has 0 spiro atoms. The van der Waals surface area contributed by atoms with Crippen LogP contribution >= 0.6 is 11.6 Å². The minimum atomic E-state index is -0.616. The molecule has 0 atom stereocenters. The lowest BCUT2D eigenvalue weighted by Gasteiger charge is -2.06. The van der Waals surface area contributed by atoms with Crippen LogP contribution in [0.2, 0.25) is 5.02 Å². The zero-order valence-corrected chi connectivity index (χ0v) is 10.2. The Hall–Kier alpha value is -2.61. The first-order valence-corrected chi connectivity index (χ1v) is 5.35. The predicted octanol–water partition coefficient (Wildman–Crippen LogP) is 1.99. The van der Waals surface area contributed by atoms with E-state index in [9.17, 15) is 10.1 Å². The summed E-state index contributed by atoms with van der Waals surface area (Å²) in [5.41, 5.74) is 10.6. The number of hydrogen-bond acceptors (Lipinski definition) is 7. The molecule has 0 saturated heterocycles. The molecule has 2 aromatic rings. The van der Waals surface area contributed by atoms with Crippen LogP contribution in [0.1, 0.15) is 0 Å². The van der Waals surface area contributed by atoms with E-state index in [-0.39, 0.29) is 34.1 Å². The molecule has 4 N–H and O–H groups in total. The number of rotatable bonds is 3. The van der Waals surface area contributed by atoms with Crippen LogP contribution in [0.4, 0.5) is 17.5 Å². The largest absolute Gasteiger partial charge is 0.432 e. The molecule has 1 aromatic carbocycles. The number of benzene rings is 1. The maximum atomic E-state index is 10.9. The summed E-state index contributed by atoms with van der Waals surface area (Å²) in [5, 5.41) is 11.1. The molecular weight excluding hydrogens is 274 g/mol. The molecule has 0 radical (unpaired) electrons. The zero-order valence-electron chi connectivity index (χ0n) is 9.41. The molecule has 19 heavy (non-hydrogen) atoms. The first-order valence-electron chi connectivity index (χ1n) is 4.97. The minimum absolute atomic E-state index is 0.00965. The number of anilines is 2. The van der Waals surface area contributed by atoms with Crippen molar-refractivity contribution in [1.29, 1.82) is 0 Å². The Labute approximate surface area is 112 Å². The summed E-state index contributed by atoms with van der Waals surface area (Å²) < 4.78 is 5.28. The molecule has 9 heteroatoms. The quantitative estimate of drug-likeness (QED) is 0.649. The summed E-state index contributed by atoms with van der Waals surface area (Å²) in [6.45, 7) is 0. The van der Waals surface area contributed by atoms with Gasteiger partial charge in [0.1, 0.15) is 5.82 Å².